The number of carbonyl (C=O) groups excluding carboxylic acids is 1. The minimum absolute atomic E-state index is 0.0556. The molecule has 7 nitrogen and oxygen atoms in total. The number of pyridine rings is 1. The molecule has 0 fully saturated rings. The minimum Gasteiger partial charge on any atom is -0.355 e. The van der Waals surface area contributed by atoms with Crippen molar-refractivity contribution in [1.82, 2.24) is 19.7 Å². The molecule has 0 aliphatic rings. The molecule has 4 aromatic rings. The maximum atomic E-state index is 13.1. The normalized spacial score (nSPS) is 10.9. The first kappa shape index (κ1) is 22.9. The molecule has 0 saturated heterocycles. The highest BCUT2D eigenvalue weighted by atomic mass is 35.5. The van der Waals surface area contributed by atoms with E-state index in [1.165, 1.54) is 17.7 Å². The summed E-state index contributed by atoms with van der Waals surface area (Å²) < 4.78 is 2.94. The van der Waals surface area contributed by atoms with E-state index in [4.69, 9.17) is 45.2 Å². The fourth-order valence-electron chi connectivity index (χ4n) is 3.58. The molecule has 0 aliphatic carbocycles. The lowest BCUT2D eigenvalue weighted by Gasteiger charge is -2.10. The summed E-state index contributed by atoms with van der Waals surface area (Å²) in [6.45, 7) is 0.0715. The second-order valence-electron chi connectivity index (χ2n) is 7.10. The Hall–Kier alpha value is -3.31. The highest BCUT2D eigenvalue weighted by molar-refractivity contribution is 6.35. The molecule has 2 aromatic carbocycles. The molecule has 10 heteroatoms. The van der Waals surface area contributed by atoms with Crippen molar-refractivity contribution < 1.29 is 4.79 Å². The molecule has 4 rings (SSSR count). The number of rotatable bonds is 5. The van der Waals surface area contributed by atoms with Gasteiger partial charge in [0.2, 0.25) is 0 Å². The standard InChI is InChI=1S/C23H16Cl3N5O2/c1-28-22(32)17-12-16-20(13-3-5-14(24)6-4-13)31(19-8-7-15(25)11-18(19)26)29-21(16)30(23(17)33)10-2-9-27/h3-8,11-12H,2,10H2,1H3,(H,28,32). The largest absolute Gasteiger partial charge is 0.355 e. The van der Waals surface area contributed by atoms with E-state index in [1.54, 1.807) is 35.0 Å². The Bertz CT molecular complexity index is 1480. The van der Waals surface area contributed by atoms with Gasteiger partial charge in [0.05, 0.1) is 28.9 Å². The smallest absolute Gasteiger partial charge is 0.265 e. The summed E-state index contributed by atoms with van der Waals surface area (Å²) in [5.41, 5.74) is 1.59. The molecule has 0 aliphatic heterocycles. The zero-order valence-corrected chi connectivity index (χ0v) is 19.5. The topological polar surface area (TPSA) is 92.7 Å². The van der Waals surface area contributed by atoms with Crippen molar-refractivity contribution in [2.45, 2.75) is 13.0 Å². The fourth-order valence-corrected chi connectivity index (χ4v) is 4.19. The molecule has 2 heterocycles. The lowest BCUT2D eigenvalue weighted by Crippen LogP contribution is -2.31. The third-order valence-corrected chi connectivity index (χ3v) is 5.89. The van der Waals surface area contributed by atoms with Crippen LogP contribution in [-0.2, 0) is 6.54 Å². The van der Waals surface area contributed by atoms with Crippen LogP contribution in [0.5, 0.6) is 0 Å². The third kappa shape index (κ3) is 4.21. The number of aromatic nitrogens is 3. The van der Waals surface area contributed by atoms with Gasteiger partial charge in [0.1, 0.15) is 5.56 Å². The number of benzene rings is 2. The Labute approximate surface area is 203 Å². The van der Waals surface area contributed by atoms with Gasteiger partial charge >= 0.3 is 0 Å². The van der Waals surface area contributed by atoms with Gasteiger partial charge in [0.25, 0.3) is 11.5 Å². The predicted molar refractivity (Wildman–Crippen MR) is 129 cm³/mol. The van der Waals surface area contributed by atoms with Crippen molar-refractivity contribution in [1.29, 1.82) is 5.26 Å². The lowest BCUT2D eigenvalue weighted by atomic mass is 10.1. The number of amides is 1. The summed E-state index contributed by atoms with van der Waals surface area (Å²) in [4.78, 5) is 25.6. The fraction of sp³-hybridized carbons (Fsp3) is 0.130. The zero-order chi connectivity index (χ0) is 23.7. The van der Waals surface area contributed by atoms with Gasteiger partial charge in [0.15, 0.2) is 5.65 Å². The van der Waals surface area contributed by atoms with Crippen LogP contribution in [0.15, 0.2) is 53.3 Å². The Balaban J connectivity index is 2.16. The first-order valence-electron chi connectivity index (χ1n) is 9.82. The van der Waals surface area contributed by atoms with E-state index in [2.05, 4.69) is 5.32 Å². The lowest BCUT2D eigenvalue weighted by molar-refractivity contribution is 0.0961. The summed E-state index contributed by atoms with van der Waals surface area (Å²) >= 11 is 18.7. The van der Waals surface area contributed by atoms with Crippen molar-refractivity contribution in [3.8, 4) is 23.0 Å². The van der Waals surface area contributed by atoms with Crippen LogP contribution in [0.3, 0.4) is 0 Å². The first-order chi connectivity index (χ1) is 15.8. The van der Waals surface area contributed by atoms with E-state index in [-0.39, 0.29) is 18.5 Å². The number of halogens is 3. The van der Waals surface area contributed by atoms with E-state index < -0.39 is 11.5 Å². The highest BCUT2D eigenvalue weighted by Crippen LogP contribution is 2.34. The van der Waals surface area contributed by atoms with E-state index in [1.807, 2.05) is 18.2 Å². The van der Waals surface area contributed by atoms with Gasteiger partial charge in [-0.25, -0.2) is 4.68 Å². The van der Waals surface area contributed by atoms with E-state index in [0.29, 0.717) is 37.5 Å². The maximum Gasteiger partial charge on any atom is 0.265 e. The second-order valence-corrected chi connectivity index (χ2v) is 8.38. The SMILES string of the molecule is CNC(=O)c1cc2c(-c3ccc(Cl)cc3)n(-c3ccc(Cl)cc3Cl)nc2n(CCC#N)c1=O. The van der Waals surface area contributed by atoms with Gasteiger partial charge in [0, 0.05) is 34.6 Å². The number of nitrogens with zero attached hydrogens (tertiary/aromatic N) is 4. The van der Waals surface area contributed by atoms with Crippen LogP contribution in [0, 0.1) is 11.3 Å². The Kier molecular flexibility index (Phi) is 6.43. The monoisotopic (exact) mass is 499 g/mol. The van der Waals surface area contributed by atoms with Gasteiger partial charge in [-0.1, -0.05) is 46.9 Å². The average Bonchev–Trinajstić information content (AvgIpc) is 3.17. The number of carbonyl (C=O) groups is 1. The molecule has 2 aromatic heterocycles. The Morgan fingerprint density at radius 3 is 2.42 bits per heavy atom. The molecule has 0 bridgehead atoms. The second kappa shape index (κ2) is 9.28. The van der Waals surface area contributed by atoms with Gasteiger partial charge < -0.3 is 5.32 Å². The summed E-state index contributed by atoms with van der Waals surface area (Å²) in [6.07, 6.45) is 0.0665. The minimum atomic E-state index is -0.536. The van der Waals surface area contributed by atoms with Gasteiger partial charge in [-0.2, -0.15) is 5.26 Å². The first-order valence-corrected chi connectivity index (χ1v) is 11.0. The van der Waals surface area contributed by atoms with Crippen LogP contribution in [0.2, 0.25) is 15.1 Å². The number of hydrogen-bond acceptors (Lipinski definition) is 4. The molecule has 1 amide bonds. The molecule has 0 unspecified atom stereocenters. The van der Waals surface area contributed by atoms with Gasteiger partial charge in [-0.3, -0.25) is 14.2 Å². The quantitative estimate of drug-likeness (QED) is 0.413. The number of aryl methyl sites for hydroxylation is 1. The highest BCUT2D eigenvalue weighted by Gasteiger charge is 2.23. The molecule has 0 atom stereocenters. The van der Waals surface area contributed by atoms with Crippen LogP contribution in [-0.4, -0.2) is 27.3 Å². The van der Waals surface area contributed by atoms with Crippen molar-refractivity contribution in [2.75, 3.05) is 7.05 Å². The van der Waals surface area contributed by atoms with Crippen molar-refractivity contribution in [3.63, 3.8) is 0 Å². The predicted octanol–water partition coefficient (Wildman–Crippen LogP) is 5.09. The summed E-state index contributed by atoms with van der Waals surface area (Å²) in [5, 5.41) is 18.2. The van der Waals surface area contributed by atoms with Crippen molar-refractivity contribution in [3.05, 3.63) is 79.5 Å². The maximum absolute atomic E-state index is 13.1. The van der Waals surface area contributed by atoms with Crippen molar-refractivity contribution in [2.24, 2.45) is 0 Å². The van der Waals surface area contributed by atoms with Crippen LogP contribution in [0.25, 0.3) is 28.0 Å². The number of nitrogens with one attached hydrogen (secondary N) is 1. The van der Waals surface area contributed by atoms with Gasteiger partial charge in [-0.15, -0.1) is 5.10 Å². The molecule has 0 saturated carbocycles. The van der Waals surface area contributed by atoms with Gasteiger partial charge in [-0.05, 0) is 36.4 Å². The summed E-state index contributed by atoms with van der Waals surface area (Å²) in [5.74, 6) is -0.535. The van der Waals surface area contributed by atoms with Crippen LogP contribution >= 0.6 is 34.8 Å². The van der Waals surface area contributed by atoms with E-state index in [9.17, 15) is 9.59 Å². The van der Waals surface area contributed by atoms with Crippen molar-refractivity contribution >= 4 is 51.7 Å². The Morgan fingerprint density at radius 1 is 1.09 bits per heavy atom. The molecule has 0 radical (unpaired) electrons. The molecular formula is C23H16Cl3N5O2. The number of nitriles is 1. The summed E-state index contributed by atoms with van der Waals surface area (Å²) in [7, 11) is 1.45. The van der Waals surface area contributed by atoms with E-state index >= 15 is 0 Å². The molecule has 166 valence electrons. The summed E-state index contributed by atoms with van der Waals surface area (Å²) in [6, 6.07) is 15.6. The van der Waals surface area contributed by atoms with E-state index in [0.717, 1.165) is 5.56 Å². The van der Waals surface area contributed by atoms with Crippen LogP contribution < -0.4 is 10.9 Å². The van der Waals surface area contributed by atoms with Crippen LogP contribution in [0.4, 0.5) is 0 Å². The number of fused-ring (bicyclic) bond motifs is 1. The number of hydrogen-bond donors (Lipinski definition) is 1. The zero-order valence-electron chi connectivity index (χ0n) is 17.3. The molecule has 1 N–H and O–H groups in total. The third-order valence-electron chi connectivity index (χ3n) is 5.10. The average molecular weight is 501 g/mol. The molecule has 33 heavy (non-hydrogen) atoms. The molecule has 0 spiro atoms. The van der Waals surface area contributed by atoms with Crippen LogP contribution in [0.1, 0.15) is 16.8 Å². The molecular weight excluding hydrogens is 485 g/mol. The Morgan fingerprint density at radius 2 is 1.79 bits per heavy atom.